The number of carbonyl (C=O) groups excluding carboxylic acids is 1. The molecule has 2 atom stereocenters. The Morgan fingerprint density at radius 1 is 1.19 bits per heavy atom. The molecule has 1 saturated carbocycles. The zero-order chi connectivity index (χ0) is 24.6. The van der Waals surface area contributed by atoms with Gasteiger partial charge in [0.2, 0.25) is 5.91 Å². The van der Waals surface area contributed by atoms with Crippen molar-refractivity contribution >= 4 is 22.5 Å². The van der Waals surface area contributed by atoms with Gasteiger partial charge in [0.1, 0.15) is 23.2 Å². The summed E-state index contributed by atoms with van der Waals surface area (Å²) in [5.74, 6) is 1.84. The summed E-state index contributed by atoms with van der Waals surface area (Å²) in [7, 11) is 0. The molecule has 3 fully saturated rings. The number of fused-ring (bicyclic) bond motifs is 6. The Labute approximate surface area is 210 Å². The Kier molecular flexibility index (Phi) is 4.51. The molecule has 3 aromatic rings. The van der Waals surface area contributed by atoms with E-state index in [-0.39, 0.29) is 17.1 Å². The van der Waals surface area contributed by atoms with E-state index in [2.05, 4.69) is 23.6 Å². The molecular formula is C30H28N4O2. The molecule has 0 radical (unpaired) electrons. The molecule has 2 saturated heterocycles. The van der Waals surface area contributed by atoms with Crippen LogP contribution in [-0.2, 0) is 4.79 Å². The monoisotopic (exact) mass is 476 g/mol. The smallest absolute Gasteiger partial charge is 0.245 e. The Morgan fingerprint density at radius 3 is 2.81 bits per heavy atom. The molecular weight excluding hydrogens is 448 g/mol. The van der Waals surface area contributed by atoms with E-state index in [1.54, 1.807) is 6.07 Å². The van der Waals surface area contributed by atoms with E-state index in [1.807, 2.05) is 29.2 Å². The third kappa shape index (κ3) is 2.95. The number of aromatic hydroxyl groups is 1. The summed E-state index contributed by atoms with van der Waals surface area (Å²) >= 11 is 0. The van der Waals surface area contributed by atoms with Crippen molar-refractivity contribution in [1.29, 1.82) is 5.26 Å². The van der Waals surface area contributed by atoms with Gasteiger partial charge in [0.25, 0.3) is 0 Å². The van der Waals surface area contributed by atoms with Crippen molar-refractivity contribution in [2.24, 2.45) is 5.41 Å². The van der Waals surface area contributed by atoms with E-state index in [1.165, 1.54) is 11.6 Å². The number of nitrogens with zero attached hydrogens (tertiary/aromatic N) is 4. The van der Waals surface area contributed by atoms with Gasteiger partial charge in [0.15, 0.2) is 0 Å². The molecule has 2 bridgehead atoms. The molecule has 6 nitrogen and oxygen atoms in total. The Hall–Kier alpha value is -3.85. The molecule has 1 amide bonds. The summed E-state index contributed by atoms with van der Waals surface area (Å²) < 4.78 is 0. The number of pyridine rings is 1. The van der Waals surface area contributed by atoms with Crippen molar-refractivity contribution < 1.29 is 9.90 Å². The highest BCUT2D eigenvalue weighted by Gasteiger charge is 2.50. The number of aromatic nitrogens is 1. The summed E-state index contributed by atoms with van der Waals surface area (Å²) in [4.78, 5) is 21.4. The van der Waals surface area contributed by atoms with Crippen molar-refractivity contribution in [3.05, 3.63) is 65.9 Å². The molecule has 1 N–H and O–H groups in total. The molecule has 1 aromatic heterocycles. The number of benzene rings is 2. The van der Waals surface area contributed by atoms with Crippen molar-refractivity contribution in [3.8, 4) is 22.9 Å². The highest BCUT2D eigenvalue weighted by atomic mass is 16.3. The van der Waals surface area contributed by atoms with Crippen LogP contribution in [0.5, 0.6) is 5.75 Å². The average Bonchev–Trinajstić information content (AvgIpc) is 3.61. The van der Waals surface area contributed by atoms with Gasteiger partial charge < -0.3 is 14.9 Å². The molecule has 1 spiro atoms. The number of hydrogen-bond acceptors (Lipinski definition) is 5. The lowest BCUT2D eigenvalue weighted by Gasteiger charge is -2.47. The lowest BCUT2D eigenvalue weighted by molar-refractivity contribution is -0.136. The molecule has 180 valence electrons. The van der Waals surface area contributed by atoms with Crippen LogP contribution < -0.4 is 4.90 Å². The van der Waals surface area contributed by atoms with Crippen LogP contribution in [0.3, 0.4) is 0 Å². The molecule has 36 heavy (non-hydrogen) atoms. The van der Waals surface area contributed by atoms with E-state index in [0.29, 0.717) is 17.4 Å². The number of amides is 1. The second-order valence-corrected chi connectivity index (χ2v) is 11.1. The van der Waals surface area contributed by atoms with Crippen molar-refractivity contribution in [2.75, 3.05) is 31.1 Å². The zero-order valence-electron chi connectivity index (χ0n) is 20.2. The van der Waals surface area contributed by atoms with Crippen LogP contribution in [0.2, 0.25) is 0 Å². The van der Waals surface area contributed by atoms with Gasteiger partial charge in [-0.15, -0.1) is 0 Å². The summed E-state index contributed by atoms with van der Waals surface area (Å²) in [5, 5.41) is 23.2. The minimum atomic E-state index is -0.0125. The Balaban J connectivity index is 1.39. The maximum Gasteiger partial charge on any atom is 0.245 e. The second-order valence-electron chi connectivity index (χ2n) is 11.1. The molecule has 2 aliphatic carbocycles. The first-order valence-electron chi connectivity index (χ1n) is 12.9. The Bertz CT molecular complexity index is 1500. The first-order valence-corrected chi connectivity index (χ1v) is 12.9. The first kappa shape index (κ1) is 21.4. The number of phenolic OH excluding ortho intramolecular Hbond substituents is 1. The number of nitriles is 1. The van der Waals surface area contributed by atoms with Gasteiger partial charge in [-0.2, -0.15) is 5.26 Å². The third-order valence-corrected chi connectivity index (χ3v) is 8.98. The largest absolute Gasteiger partial charge is 0.508 e. The van der Waals surface area contributed by atoms with E-state index in [0.717, 1.165) is 85.3 Å². The summed E-state index contributed by atoms with van der Waals surface area (Å²) in [6.45, 7) is 6.70. The highest BCUT2D eigenvalue weighted by Crippen LogP contribution is 2.57. The maximum atomic E-state index is 12.0. The Morgan fingerprint density at radius 2 is 2.00 bits per heavy atom. The van der Waals surface area contributed by atoms with E-state index in [4.69, 9.17) is 4.98 Å². The quantitative estimate of drug-likeness (QED) is 0.534. The third-order valence-electron chi connectivity index (χ3n) is 8.98. The van der Waals surface area contributed by atoms with Crippen LogP contribution >= 0.6 is 0 Å². The van der Waals surface area contributed by atoms with Gasteiger partial charge in [-0.25, -0.2) is 4.98 Å². The number of anilines is 1. The van der Waals surface area contributed by atoms with Crippen molar-refractivity contribution in [1.82, 2.24) is 9.88 Å². The SMILES string of the molecule is C=CC(=O)N1CC2(CCN(c3nc4c(c(-c5cc(O)cc6ccccc56)c3C#N)[C@@H]3CC[C@H]4C3)C2)C1. The van der Waals surface area contributed by atoms with Crippen LogP contribution in [0.25, 0.3) is 21.9 Å². The maximum absolute atomic E-state index is 12.0. The number of carbonyl (C=O) groups is 1. The zero-order valence-corrected chi connectivity index (χ0v) is 20.2. The van der Waals surface area contributed by atoms with E-state index in [9.17, 15) is 15.2 Å². The van der Waals surface area contributed by atoms with Gasteiger partial charge >= 0.3 is 0 Å². The van der Waals surface area contributed by atoms with Crippen LogP contribution in [0.4, 0.5) is 5.82 Å². The number of rotatable bonds is 3. The summed E-state index contributed by atoms with van der Waals surface area (Å²) in [6, 6.07) is 14.2. The molecule has 4 aliphatic rings. The van der Waals surface area contributed by atoms with Gasteiger partial charge in [-0.3, -0.25) is 4.79 Å². The summed E-state index contributed by atoms with van der Waals surface area (Å²) in [6.07, 6.45) is 5.75. The molecule has 3 heterocycles. The fourth-order valence-electron chi connectivity index (χ4n) is 7.36. The number of phenols is 1. The highest BCUT2D eigenvalue weighted by molar-refractivity contribution is 6.01. The number of likely N-dealkylation sites (tertiary alicyclic amines) is 1. The molecule has 6 heteroatoms. The van der Waals surface area contributed by atoms with Crippen molar-refractivity contribution in [2.45, 2.75) is 37.5 Å². The predicted octanol–water partition coefficient (Wildman–Crippen LogP) is 5.07. The molecule has 0 unspecified atom stereocenters. The average molecular weight is 477 g/mol. The lowest BCUT2D eigenvalue weighted by Crippen LogP contribution is -2.59. The van der Waals surface area contributed by atoms with Gasteiger partial charge in [0.05, 0.1) is 5.69 Å². The first-order chi connectivity index (χ1) is 17.5. The number of hydrogen-bond donors (Lipinski definition) is 1. The standard InChI is InChI=1S/C30H28N4O2/c1-2-25(36)34-16-30(17-34)9-10-33(15-30)29-24(14-31)27(26-19-7-8-20(11-19)28(26)32-29)23-13-21(35)12-18-5-3-4-6-22(18)23/h2-6,12-13,19-20,35H,1,7-11,15-17H2/t19-,20+/m1/s1. The topological polar surface area (TPSA) is 80.5 Å². The predicted molar refractivity (Wildman–Crippen MR) is 139 cm³/mol. The minimum Gasteiger partial charge on any atom is -0.508 e. The van der Waals surface area contributed by atoms with Gasteiger partial charge in [-0.1, -0.05) is 30.8 Å². The normalized spacial score (nSPS) is 23.1. The van der Waals surface area contributed by atoms with Crippen molar-refractivity contribution in [3.63, 3.8) is 0 Å². The fourth-order valence-corrected chi connectivity index (χ4v) is 7.36. The lowest BCUT2D eigenvalue weighted by atomic mass is 9.79. The molecule has 2 aliphatic heterocycles. The molecule has 2 aromatic carbocycles. The second kappa shape index (κ2) is 7.57. The molecule has 7 rings (SSSR count). The van der Waals surface area contributed by atoms with Crippen LogP contribution in [0.15, 0.2) is 49.1 Å². The fraction of sp³-hybridized carbons (Fsp3) is 0.367. The van der Waals surface area contributed by atoms with Gasteiger partial charge in [-0.05, 0) is 71.7 Å². The van der Waals surface area contributed by atoms with E-state index < -0.39 is 0 Å². The van der Waals surface area contributed by atoms with Gasteiger partial charge in [0, 0.05) is 43.1 Å². The summed E-state index contributed by atoms with van der Waals surface area (Å²) in [5.41, 5.74) is 4.95. The van der Waals surface area contributed by atoms with Crippen LogP contribution in [0, 0.1) is 16.7 Å². The minimum absolute atomic E-state index is 0.0125. The van der Waals surface area contributed by atoms with Crippen LogP contribution in [0.1, 0.15) is 54.3 Å². The van der Waals surface area contributed by atoms with E-state index >= 15 is 0 Å². The van der Waals surface area contributed by atoms with Crippen LogP contribution in [-0.4, -0.2) is 47.1 Å².